The average Bonchev–Trinajstić information content (AvgIpc) is 3.17. The lowest BCUT2D eigenvalue weighted by atomic mass is 9.93. The summed E-state index contributed by atoms with van der Waals surface area (Å²) in [6.07, 6.45) is 3.50. The Balaban J connectivity index is 1.78. The van der Waals surface area contributed by atoms with Crippen LogP contribution in [0, 0.1) is 10.6 Å². The van der Waals surface area contributed by atoms with Crippen molar-refractivity contribution in [1.29, 1.82) is 0 Å². The molecule has 0 aliphatic carbocycles. The highest BCUT2D eigenvalue weighted by molar-refractivity contribution is 7.71. The van der Waals surface area contributed by atoms with Gasteiger partial charge in [0.2, 0.25) is 5.88 Å². The van der Waals surface area contributed by atoms with E-state index < -0.39 is 5.56 Å². The molecule has 3 rings (SSSR count). The van der Waals surface area contributed by atoms with Gasteiger partial charge >= 0.3 is 0 Å². The summed E-state index contributed by atoms with van der Waals surface area (Å²) in [5.41, 5.74) is 0.451. The Labute approximate surface area is 159 Å². The molecule has 0 radical (unpaired) electrons. The fraction of sp³-hybridized carbons (Fsp3) is 0.211. The summed E-state index contributed by atoms with van der Waals surface area (Å²) in [6, 6.07) is 9.89. The van der Waals surface area contributed by atoms with Crippen molar-refractivity contribution in [3.63, 3.8) is 0 Å². The van der Waals surface area contributed by atoms with Gasteiger partial charge in [-0.1, -0.05) is 12.1 Å². The molecule has 0 amide bonds. The molecule has 0 aliphatic rings. The van der Waals surface area contributed by atoms with Crippen LogP contribution < -0.4 is 5.56 Å². The van der Waals surface area contributed by atoms with Gasteiger partial charge in [-0.25, -0.2) is 4.39 Å². The van der Waals surface area contributed by atoms with Crippen molar-refractivity contribution in [3.8, 4) is 5.88 Å². The van der Waals surface area contributed by atoms with Crippen molar-refractivity contribution in [2.24, 2.45) is 12.0 Å². The van der Waals surface area contributed by atoms with E-state index >= 15 is 0 Å². The van der Waals surface area contributed by atoms with Gasteiger partial charge in [0.05, 0.1) is 6.26 Å². The molecule has 0 bridgehead atoms. The molecule has 3 aromatic rings. The van der Waals surface area contributed by atoms with Gasteiger partial charge in [0.25, 0.3) is 5.56 Å². The minimum Gasteiger partial charge on any atom is -0.494 e. The molecule has 140 valence electrons. The molecular formula is C19H18FN3O3S. The van der Waals surface area contributed by atoms with E-state index in [4.69, 9.17) is 16.6 Å². The number of hydrogen-bond donors (Lipinski definition) is 2. The first-order valence-corrected chi connectivity index (χ1v) is 8.69. The van der Waals surface area contributed by atoms with Gasteiger partial charge in [-0.3, -0.25) is 19.3 Å². The van der Waals surface area contributed by atoms with E-state index in [1.54, 1.807) is 31.5 Å². The fourth-order valence-electron chi connectivity index (χ4n) is 2.76. The van der Waals surface area contributed by atoms with E-state index in [9.17, 15) is 14.3 Å². The number of benzene rings is 1. The number of aromatic hydroxyl groups is 1. The molecule has 6 nitrogen and oxygen atoms in total. The van der Waals surface area contributed by atoms with Crippen molar-refractivity contribution >= 4 is 18.4 Å². The van der Waals surface area contributed by atoms with E-state index in [0.29, 0.717) is 13.0 Å². The topological polar surface area (TPSA) is 83.5 Å². The van der Waals surface area contributed by atoms with Crippen LogP contribution in [0.3, 0.4) is 0 Å². The second-order valence-electron chi connectivity index (χ2n) is 6.00. The molecule has 8 heteroatoms. The normalized spacial score (nSPS) is 12.5. The molecule has 0 saturated heterocycles. The maximum Gasteiger partial charge on any atom is 0.264 e. The highest BCUT2D eigenvalue weighted by Gasteiger charge is 2.17. The van der Waals surface area contributed by atoms with Crippen LogP contribution in [0.2, 0.25) is 0 Å². The number of furan rings is 1. The molecule has 0 spiro atoms. The highest BCUT2D eigenvalue weighted by Crippen LogP contribution is 2.28. The summed E-state index contributed by atoms with van der Waals surface area (Å²) in [6.45, 7) is 0.376. The first-order valence-electron chi connectivity index (χ1n) is 8.28. The molecule has 27 heavy (non-hydrogen) atoms. The fourth-order valence-corrected chi connectivity index (χ4v) is 2.94. The molecule has 0 fully saturated rings. The summed E-state index contributed by atoms with van der Waals surface area (Å²) in [4.78, 5) is 18.7. The van der Waals surface area contributed by atoms with Crippen LogP contribution in [0.4, 0.5) is 4.39 Å². The average molecular weight is 387 g/mol. The second-order valence-corrected chi connectivity index (χ2v) is 6.39. The Bertz CT molecular complexity index is 1050. The minimum atomic E-state index is -0.500. The minimum absolute atomic E-state index is 0.0439. The summed E-state index contributed by atoms with van der Waals surface area (Å²) < 4.78 is 20.1. The monoisotopic (exact) mass is 387 g/mol. The van der Waals surface area contributed by atoms with Crippen molar-refractivity contribution < 1.29 is 13.9 Å². The van der Waals surface area contributed by atoms with Gasteiger partial charge < -0.3 is 9.52 Å². The lowest BCUT2D eigenvalue weighted by Crippen LogP contribution is -2.17. The number of H-pyrrole nitrogens is 1. The molecule has 0 saturated carbocycles. The summed E-state index contributed by atoms with van der Waals surface area (Å²) in [5.74, 6) is 0.103. The van der Waals surface area contributed by atoms with E-state index in [2.05, 4.69) is 9.98 Å². The Hall–Kier alpha value is -3.00. The van der Waals surface area contributed by atoms with Crippen LogP contribution in [0.5, 0.6) is 5.88 Å². The van der Waals surface area contributed by atoms with Crippen molar-refractivity contribution in [2.75, 3.05) is 6.54 Å². The van der Waals surface area contributed by atoms with Gasteiger partial charge in [0.1, 0.15) is 17.1 Å². The largest absolute Gasteiger partial charge is 0.494 e. The predicted octanol–water partition coefficient (Wildman–Crippen LogP) is 3.52. The lowest BCUT2D eigenvalue weighted by molar-refractivity contribution is 0.420. The molecule has 0 aliphatic heterocycles. The third-order valence-corrected chi connectivity index (χ3v) is 4.63. The van der Waals surface area contributed by atoms with Crippen LogP contribution in [-0.4, -0.2) is 27.4 Å². The standard InChI is InChI=1S/C19H18FN3O3S/c1-23-18(25)15(17(24)22-19(23)27)11-21-9-8-14(16-3-2-10-26-16)12-4-6-13(20)7-5-12/h2-7,10-11,14,25H,8-9H2,1H3,(H,22,24,27)/t14-/m1/s1. The van der Waals surface area contributed by atoms with Crippen LogP contribution >= 0.6 is 12.2 Å². The molecule has 1 atom stereocenters. The Morgan fingerprint density at radius 2 is 2.11 bits per heavy atom. The molecule has 1 aromatic carbocycles. The number of rotatable bonds is 6. The summed E-state index contributed by atoms with van der Waals surface area (Å²) >= 11 is 4.93. The smallest absolute Gasteiger partial charge is 0.264 e. The third-order valence-electron chi connectivity index (χ3n) is 4.25. The van der Waals surface area contributed by atoms with Crippen LogP contribution in [-0.2, 0) is 7.05 Å². The van der Waals surface area contributed by atoms with E-state index in [-0.39, 0.29) is 27.9 Å². The van der Waals surface area contributed by atoms with Crippen LogP contribution in [0.1, 0.15) is 29.2 Å². The Morgan fingerprint density at radius 3 is 2.78 bits per heavy atom. The number of nitrogens with one attached hydrogen (secondary N) is 1. The number of hydrogen-bond acceptors (Lipinski definition) is 5. The zero-order valence-electron chi connectivity index (χ0n) is 14.6. The zero-order valence-corrected chi connectivity index (χ0v) is 15.4. The Morgan fingerprint density at radius 1 is 1.37 bits per heavy atom. The van der Waals surface area contributed by atoms with Crippen LogP contribution in [0.15, 0.2) is 56.9 Å². The maximum atomic E-state index is 13.2. The third kappa shape index (κ3) is 4.22. The van der Waals surface area contributed by atoms with Crippen molar-refractivity contribution in [2.45, 2.75) is 12.3 Å². The molecule has 2 heterocycles. The van der Waals surface area contributed by atoms with E-state index in [0.717, 1.165) is 11.3 Å². The van der Waals surface area contributed by atoms with Crippen LogP contribution in [0.25, 0.3) is 0 Å². The number of aromatic nitrogens is 2. The summed E-state index contributed by atoms with van der Waals surface area (Å²) in [5, 5.41) is 10.1. The maximum absolute atomic E-state index is 13.2. The van der Waals surface area contributed by atoms with Gasteiger partial charge in [-0.05, 0) is 48.5 Å². The number of aliphatic imine (C=N–C) groups is 1. The number of nitrogens with zero attached hydrogens (tertiary/aromatic N) is 2. The summed E-state index contributed by atoms with van der Waals surface area (Å²) in [7, 11) is 1.55. The second kappa shape index (κ2) is 8.13. The number of halogens is 1. The molecule has 0 unspecified atom stereocenters. The highest BCUT2D eigenvalue weighted by atomic mass is 32.1. The van der Waals surface area contributed by atoms with Crippen molar-refractivity contribution in [1.82, 2.24) is 9.55 Å². The zero-order chi connectivity index (χ0) is 19.4. The van der Waals surface area contributed by atoms with E-state index in [1.165, 1.54) is 22.9 Å². The van der Waals surface area contributed by atoms with E-state index in [1.807, 2.05) is 6.07 Å². The van der Waals surface area contributed by atoms with Gasteiger partial charge in [-0.2, -0.15) is 0 Å². The molecule has 2 N–H and O–H groups in total. The first kappa shape index (κ1) is 18.8. The lowest BCUT2D eigenvalue weighted by Gasteiger charge is -2.14. The number of aromatic amines is 1. The molecular weight excluding hydrogens is 369 g/mol. The van der Waals surface area contributed by atoms with Gasteiger partial charge in [-0.15, -0.1) is 0 Å². The SMILES string of the molecule is Cn1c(O)c(C=NCC[C@H](c2ccc(F)cc2)c2ccco2)c(=O)[nH]c1=S. The quantitative estimate of drug-likeness (QED) is 0.501. The first-order chi connectivity index (χ1) is 13.0. The molecule has 2 aromatic heterocycles. The van der Waals surface area contributed by atoms with Gasteiger partial charge in [0, 0.05) is 25.7 Å². The van der Waals surface area contributed by atoms with Crippen molar-refractivity contribution in [3.05, 3.63) is 80.5 Å². The van der Waals surface area contributed by atoms with Gasteiger partial charge in [0.15, 0.2) is 4.77 Å². The predicted molar refractivity (Wildman–Crippen MR) is 103 cm³/mol. The Kier molecular flexibility index (Phi) is 5.66.